The van der Waals surface area contributed by atoms with E-state index in [2.05, 4.69) is 18.3 Å². The summed E-state index contributed by atoms with van der Waals surface area (Å²) in [6.45, 7) is 4.14. The molecule has 3 aliphatic carbocycles. The van der Waals surface area contributed by atoms with Gasteiger partial charge in [-0.2, -0.15) is 0 Å². The van der Waals surface area contributed by atoms with Crippen molar-refractivity contribution >= 4 is 17.5 Å². The van der Waals surface area contributed by atoms with E-state index in [1.54, 1.807) is 0 Å². The summed E-state index contributed by atoms with van der Waals surface area (Å²) in [7, 11) is 0. The van der Waals surface area contributed by atoms with Crippen LogP contribution in [0, 0.1) is 28.6 Å². The molecule has 5 unspecified atom stereocenters. The number of Topliss-reactive ketones (excluding diaryl/α,β-unsaturated/α-hetero) is 2. The van der Waals surface area contributed by atoms with Gasteiger partial charge in [0.15, 0.2) is 0 Å². The Morgan fingerprint density at radius 3 is 2.68 bits per heavy atom. The lowest BCUT2D eigenvalue weighted by atomic mass is 9.49. The molecule has 4 heteroatoms. The highest BCUT2D eigenvalue weighted by atomic mass is 16.2. The molecule has 3 fully saturated rings. The molecule has 2 saturated carbocycles. The maximum absolute atomic E-state index is 13.0. The summed E-state index contributed by atoms with van der Waals surface area (Å²) in [6.07, 6.45) is 6.13. The van der Waals surface area contributed by atoms with Gasteiger partial charge in [0.2, 0.25) is 5.91 Å². The normalized spacial score (nSPS) is 47.3. The first-order valence-corrected chi connectivity index (χ1v) is 8.43. The number of rotatable bonds is 0. The van der Waals surface area contributed by atoms with Crippen LogP contribution in [0.3, 0.4) is 0 Å². The van der Waals surface area contributed by atoms with Crippen molar-refractivity contribution in [3.63, 3.8) is 0 Å². The van der Waals surface area contributed by atoms with E-state index in [1.807, 2.05) is 6.92 Å². The lowest BCUT2D eigenvalue weighted by molar-refractivity contribution is -0.149. The molecule has 1 N–H and O–H groups in total. The fourth-order valence-corrected chi connectivity index (χ4v) is 5.81. The molecular weight excluding hydrogens is 278 g/mol. The van der Waals surface area contributed by atoms with Crippen LogP contribution in [-0.2, 0) is 14.4 Å². The molecule has 4 rings (SSSR count). The van der Waals surface area contributed by atoms with E-state index >= 15 is 0 Å². The van der Waals surface area contributed by atoms with E-state index in [-0.39, 0.29) is 34.7 Å². The van der Waals surface area contributed by atoms with Crippen molar-refractivity contribution in [1.29, 1.82) is 0 Å². The summed E-state index contributed by atoms with van der Waals surface area (Å²) in [4.78, 5) is 37.0. The van der Waals surface area contributed by atoms with E-state index < -0.39 is 5.41 Å². The molecule has 0 aromatic heterocycles. The van der Waals surface area contributed by atoms with Gasteiger partial charge in [0.25, 0.3) is 0 Å². The van der Waals surface area contributed by atoms with Crippen molar-refractivity contribution < 1.29 is 14.4 Å². The third-order valence-electron chi connectivity index (χ3n) is 7.01. The van der Waals surface area contributed by atoms with Crippen molar-refractivity contribution in [1.82, 2.24) is 5.32 Å². The largest absolute Gasteiger partial charge is 0.330 e. The molecule has 0 radical (unpaired) electrons. The summed E-state index contributed by atoms with van der Waals surface area (Å²) in [5.41, 5.74) is 0.268. The molecule has 1 amide bonds. The molecule has 4 aliphatic rings. The summed E-state index contributed by atoms with van der Waals surface area (Å²) in [5.74, 6) is 1.14. The van der Waals surface area contributed by atoms with Gasteiger partial charge in [-0.15, -0.1) is 0 Å². The molecule has 1 heterocycles. The van der Waals surface area contributed by atoms with Crippen LogP contribution in [0.25, 0.3) is 0 Å². The maximum Gasteiger partial charge on any atom is 0.224 e. The topological polar surface area (TPSA) is 63.2 Å². The number of fused-ring (bicyclic) bond motifs is 5. The molecule has 0 aromatic carbocycles. The lowest BCUT2D eigenvalue weighted by Crippen LogP contribution is -2.57. The standard InChI is InChI=1S/C18H23NO3/c1-17-8-7-15(22)19-13(17)5-3-10-11-4-6-14(21)18(11,2)9-12(20)16(10)17/h5,10-11,16H,3-4,6-9H2,1-2H3,(H,19,22). The van der Waals surface area contributed by atoms with E-state index in [0.29, 0.717) is 25.2 Å². The average molecular weight is 301 g/mol. The van der Waals surface area contributed by atoms with Crippen LogP contribution in [0.4, 0.5) is 0 Å². The van der Waals surface area contributed by atoms with Crippen molar-refractivity contribution in [2.45, 2.75) is 52.4 Å². The minimum atomic E-state index is -0.433. The van der Waals surface area contributed by atoms with Crippen LogP contribution in [0.15, 0.2) is 11.8 Å². The van der Waals surface area contributed by atoms with Crippen LogP contribution in [0.5, 0.6) is 0 Å². The Morgan fingerprint density at radius 2 is 1.91 bits per heavy atom. The van der Waals surface area contributed by atoms with E-state index in [9.17, 15) is 14.4 Å². The smallest absolute Gasteiger partial charge is 0.224 e. The van der Waals surface area contributed by atoms with E-state index in [4.69, 9.17) is 0 Å². The van der Waals surface area contributed by atoms with Crippen LogP contribution >= 0.6 is 0 Å². The molecular formula is C18H23NO3. The number of allylic oxidation sites excluding steroid dienone is 2. The second-order valence-corrected chi connectivity index (χ2v) is 8.09. The minimum absolute atomic E-state index is 0.0305. The fraction of sp³-hybridized carbons (Fsp3) is 0.722. The molecule has 22 heavy (non-hydrogen) atoms. The molecule has 4 nitrogen and oxygen atoms in total. The average Bonchev–Trinajstić information content (AvgIpc) is 2.75. The zero-order valence-electron chi connectivity index (χ0n) is 13.3. The van der Waals surface area contributed by atoms with Gasteiger partial charge in [0, 0.05) is 41.7 Å². The van der Waals surface area contributed by atoms with Gasteiger partial charge in [0.1, 0.15) is 11.6 Å². The van der Waals surface area contributed by atoms with Crippen molar-refractivity contribution in [2.75, 3.05) is 0 Å². The number of hydrogen-bond acceptors (Lipinski definition) is 3. The molecule has 118 valence electrons. The van der Waals surface area contributed by atoms with Crippen LogP contribution < -0.4 is 5.32 Å². The fourth-order valence-electron chi connectivity index (χ4n) is 5.81. The Morgan fingerprint density at radius 1 is 1.14 bits per heavy atom. The lowest BCUT2D eigenvalue weighted by Gasteiger charge is -2.54. The number of ketones is 2. The van der Waals surface area contributed by atoms with Gasteiger partial charge >= 0.3 is 0 Å². The predicted octanol–water partition coefficient (Wildman–Crippen LogP) is 2.38. The Bertz CT molecular complexity index is 622. The zero-order valence-corrected chi connectivity index (χ0v) is 13.3. The zero-order chi connectivity index (χ0) is 15.7. The van der Waals surface area contributed by atoms with E-state index in [1.165, 1.54) is 0 Å². The summed E-state index contributed by atoms with van der Waals surface area (Å²) >= 11 is 0. The number of piperidine rings is 1. The molecule has 0 bridgehead atoms. The number of carbonyl (C=O) groups excluding carboxylic acids is 3. The first-order chi connectivity index (χ1) is 10.4. The van der Waals surface area contributed by atoms with Crippen molar-refractivity contribution in [2.24, 2.45) is 28.6 Å². The molecule has 0 spiro atoms. The Hall–Kier alpha value is -1.45. The number of amides is 1. The SMILES string of the molecule is CC12CC(=O)C3C(CC=C4NC(=O)CCC43C)C1CCC2=O. The summed E-state index contributed by atoms with van der Waals surface area (Å²) < 4.78 is 0. The second kappa shape index (κ2) is 4.30. The number of carbonyl (C=O) groups is 3. The predicted molar refractivity (Wildman–Crippen MR) is 80.6 cm³/mol. The molecule has 1 aliphatic heterocycles. The highest BCUT2D eigenvalue weighted by molar-refractivity contribution is 5.96. The van der Waals surface area contributed by atoms with Crippen LogP contribution in [0.1, 0.15) is 52.4 Å². The van der Waals surface area contributed by atoms with Gasteiger partial charge < -0.3 is 5.32 Å². The maximum atomic E-state index is 13.0. The van der Waals surface area contributed by atoms with Crippen molar-refractivity contribution in [3.05, 3.63) is 11.8 Å². The van der Waals surface area contributed by atoms with Gasteiger partial charge in [-0.05, 0) is 31.1 Å². The second-order valence-electron chi connectivity index (χ2n) is 8.09. The van der Waals surface area contributed by atoms with Crippen molar-refractivity contribution in [3.8, 4) is 0 Å². The van der Waals surface area contributed by atoms with Gasteiger partial charge in [-0.25, -0.2) is 0 Å². The molecule has 1 saturated heterocycles. The van der Waals surface area contributed by atoms with Gasteiger partial charge in [-0.3, -0.25) is 14.4 Å². The van der Waals surface area contributed by atoms with Gasteiger partial charge in [-0.1, -0.05) is 19.9 Å². The highest BCUT2D eigenvalue weighted by Crippen LogP contribution is 2.61. The van der Waals surface area contributed by atoms with E-state index in [0.717, 1.165) is 25.0 Å². The minimum Gasteiger partial charge on any atom is -0.330 e. The first-order valence-electron chi connectivity index (χ1n) is 8.43. The Labute approximate surface area is 130 Å². The van der Waals surface area contributed by atoms with Gasteiger partial charge in [0.05, 0.1) is 0 Å². The first kappa shape index (κ1) is 14.2. The summed E-state index contributed by atoms with van der Waals surface area (Å²) in [6, 6.07) is 0. The molecule has 5 atom stereocenters. The molecule has 0 aromatic rings. The quantitative estimate of drug-likeness (QED) is 0.747. The Balaban J connectivity index is 1.77. The third kappa shape index (κ3) is 1.61. The summed E-state index contributed by atoms with van der Waals surface area (Å²) in [5, 5.41) is 2.99. The van der Waals surface area contributed by atoms with Crippen LogP contribution in [-0.4, -0.2) is 17.5 Å². The number of hydrogen-bond donors (Lipinski definition) is 1. The van der Waals surface area contributed by atoms with Crippen LogP contribution in [0.2, 0.25) is 0 Å². The number of nitrogens with one attached hydrogen (secondary N) is 1. The Kier molecular flexibility index (Phi) is 2.77. The third-order valence-corrected chi connectivity index (χ3v) is 7.01. The highest BCUT2D eigenvalue weighted by Gasteiger charge is 2.62. The monoisotopic (exact) mass is 301 g/mol.